The molecule has 0 radical (unpaired) electrons. The van der Waals surface area contributed by atoms with Crippen molar-refractivity contribution >= 4 is 5.69 Å². The minimum atomic E-state index is -0.699. The number of hydrogen-bond acceptors (Lipinski definition) is 4. The predicted molar refractivity (Wildman–Crippen MR) is 58.6 cm³/mol. The molecule has 1 aliphatic heterocycles. The summed E-state index contributed by atoms with van der Waals surface area (Å²) in [7, 11) is 0. The minimum Gasteiger partial charge on any atom is -0.394 e. The van der Waals surface area contributed by atoms with Crippen molar-refractivity contribution in [1.82, 2.24) is 5.32 Å². The molecular formula is C11H16N2O2. The Balaban J connectivity index is 2.06. The van der Waals surface area contributed by atoms with E-state index in [9.17, 15) is 5.11 Å². The third kappa shape index (κ3) is 2.28. The van der Waals surface area contributed by atoms with Gasteiger partial charge in [0.05, 0.1) is 12.7 Å². The molecule has 1 aromatic rings. The SMILES string of the molecule is OCC(O)CNc1cccc2c1CNC2. The maximum atomic E-state index is 9.24. The van der Waals surface area contributed by atoms with Crippen LogP contribution in [0.5, 0.6) is 0 Å². The lowest BCUT2D eigenvalue weighted by molar-refractivity contribution is 0.105. The highest BCUT2D eigenvalue weighted by atomic mass is 16.3. The molecule has 4 heteroatoms. The monoisotopic (exact) mass is 208 g/mol. The average molecular weight is 208 g/mol. The summed E-state index contributed by atoms with van der Waals surface area (Å²) >= 11 is 0. The van der Waals surface area contributed by atoms with Crippen LogP contribution in [0.25, 0.3) is 0 Å². The number of rotatable bonds is 4. The van der Waals surface area contributed by atoms with Crippen LogP contribution in [-0.4, -0.2) is 29.5 Å². The minimum absolute atomic E-state index is 0.208. The highest BCUT2D eigenvalue weighted by Gasteiger charge is 2.13. The molecule has 0 aromatic heterocycles. The number of anilines is 1. The van der Waals surface area contributed by atoms with Crippen molar-refractivity contribution in [2.45, 2.75) is 19.2 Å². The van der Waals surface area contributed by atoms with Gasteiger partial charge in [-0.1, -0.05) is 12.1 Å². The van der Waals surface area contributed by atoms with Crippen LogP contribution in [0, 0.1) is 0 Å². The molecule has 1 atom stereocenters. The van der Waals surface area contributed by atoms with Crippen molar-refractivity contribution in [3.63, 3.8) is 0 Å². The molecule has 4 N–H and O–H groups in total. The molecule has 1 aromatic carbocycles. The number of nitrogens with one attached hydrogen (secondary N) is 2. The molecule has 0 aliphatic carbocycles. The molecule has 1 aliphatic rings. The zero-order valence-corrected chi connectivity index (χ0v) is 8.53. The number of aliphatic hydroxyl groups excluding tert-OH is 2. The highest BCUT2D eigenvalue weighted by Crippen LogP contribution is 2.23. The lowest BCUT2D eigenvalue weighted by Crippen LogP contribution is -2.23. The smallest absolute Gasteiger partial charge is 0.0942 e. The van der Waals surface area contributed by atoms with E-state index in [1.165, 1.54) is 11.1 Å². The van der Waals surface area contributed by atoms with Crippen LogP contribution in [-0.2, 0) is 13.1 Å². The highest BCUT2D eigenvalue weighted by molar-refractivity contribution is 5.56. The summed E-state index contributed by atoms with van der Waals surface area (Å²) < 4.78 is 0. The largest absolute Gasteiger partial charge is 0.394 e. The molecular weight excluding hydrogens is 192 g/mol. The Morgan fingerprint density at radius 2 is 2.27 bits per heavy atom. The first-order valence-electron chi connectivity index (χ1n) is 5.15. The molecule has 0 bridgehead atoms. The van der Waals surface area contributed by atoms with Crippen LogP contribution in [0.15, 0.2) is 18.2 Å². The third-order valence-electron chi connectivity index (χ3n) is 2.63. The lowest BCUT2D eigenvalue weighted by atomic mass is 10.1. The first-order chi connectivity index (χ1) is 7.31. The van der Waals surface area contributed by atoms with E-state index in [4.69, 9.17) is 5.11 Å². The molecule has 0 fully saturated rings. The maximum Gasteiger partial charge on any atom is 0.0942 e. The molecule has 0 spiro atoms. The van der Waals surface area contributed by atoms with Crippen LogP contribution < -0.4 is 10.6 Å². The maximum absolute atomic E-state index is 9.24. The fourth-order valence-corrected chi connectivity index (χ4v) is 1.79. The van der Waals surface area contributed by atoms with Gasteiger partial charge in [0.2, 0.25) is 0 Å². The Morgan fingerprint density at radius 1 is 1.40 bits per heavy atom. The van der Waals surface area contributed by atoms with Crippen molar-refractivity contribution < 1.29 is 10.2 Å². The van der Waals surface area contributed by atoms with Crippen LogP contribution in [0.4, 0.5) is 5.69 Å². The molecule has 0 amide bonds. The first-order valence-corrected chi connectivity index (χ1v) is 5.15. The lowest BCUT2D eigenvalue weighted by Gasteiger charge is -2.13. The summed E-state index contributed by atoms with van der Waals surface area (Å²) in [5.74, 6) is 0. The summed E-state index contributed by atoms with van der Waals surface area (Å²) in [4.78, 5) is 0. The van der Waals surface area contributed by atoms with Crippen molar-refractivity contribution in [2.75, 3.05) is 18.5 Å². The number of aliphatic hydroxyl groups is 2. The molecule has 1 unspecified atom stereocenters. The number of hydrogen-bond donors (Lipinski definition) is 4. The van der Waals surface area contributed by atoms with Gasteiger partial charge < -0.3 is 20.8 Å². The van der Waals surface area contributed by atoms with Gasteiger partial charge in [0.25, 0.3) is 0 Å². The summed E-state index contributed by atoms with van der Waals surface area (Å²) in [5.41, 5.74) is 3.62. The van der Waals surface area contributed by atoms with Gasteiger partial charge in [0.15, 0.2) is 0 Å². The van der Waals surface area contributed by atoms with E-state index in [1.54, 1.807) is 0 Å². The molecule has 2 rings (SSSR count). The number of fused-ring (bicyclic) bond motifs is 1. The Labute approximate surface area is 88.9 Å². The molecule has 1 heterocycles. The van der Waals surface area contributed by atoms with Crippen molar-refractivity contribution in [1.29, 1.82) is 0 Å². The summed E-state index contributed by atoms with van der Waals surface area (Å²) in [5, 5.41) is 24.4. The molecule has 0 saturated carbocycles. The number of benzene rings is 1. The second-order valence-electron chi connectivity index (χ2n) is 3.76. The Morgan fingerprint density at radius 3 is 3.07 bits per heavy atom. The second kappa shape index (κ2) is 4.61. The zero-order valence-electron chi connectivity index (χ0n) is 8.53. The van der Waals surface area contributed by atoms with Gasteiger partial charge in [-0.25, -0.2) is 0 Å². The molecule has 0 saturated heterocycles. The van der Waals surface area contributed by atoms with Gasteiger partial charge in [-0.05, 0) is 17.2 Å². The van der Waals surface area contributed by atoms with Crippen molar-refractivity contribution in [3.8, 4) is 0 Å². The second-order valence-corrected chi connectivity index (χ2v) is 3.76. The van der Waals surface area contributed by atoms with E-state index < -0.39 is 6.10 Å². The molecule has 82 valence electrons. The van der Waals surface area contributed by atoms with E-state index in [1.807, 2.05) is 12.1 Å². The Bertz CT molecular complexity index is 341. The van der Waals surface area contributed by atoms with Crippen LogP contribution >= 0.6 is 0 Å². The predicted octanol–water partition coefficient (Wildman–Crippen LogP) is 0.0549. The first kappa shape index (κ1) is 10.4. The van der Waals surface area contributed by atoms with E-state index in [-0.39, 0.29) is 6.61 Å². The Hall–Kier alpha value is -1.10. The van der Waals surface area contributed by atoms with Crippen LogP contribution in [0.3, 0.4) is 0 Å². The van der Waals surface area contributed by atoms with Crippen LogP contribution in [0.2, 0.25) is 0 Å². The topological polar surface area (TPSA) is 64.5 Å². The van der Waals surface area contributed by atoms with Gasteiger partial charge in [-0.15, -0.1) is 0 Å². The fourth-order valence-electron chi connectivity index (χ4n) is 1.79. The molecule has 15 heavy (non-hydrogen) atoms. The summed E-state index contributed by atoms with van der Waals surface area (Å²) in [6.07, 6.45) is -0.699. The van der Waals surface area contributed by atoms with Gasteiger partial charge in [0.1, 0.15) is 0 Å². The normalized spacial score (nSPS) is 16.1. The van der Waals surface area contributed by atoms with Crippen molar-refractivity contribution in [3.05, 3.63) is 29.3 Å². The fraction of sp³-hybridized carbons (Fsp3) is 0.455. The summed E-state index contributed by atoms with van der Waals surface area (Å²) in [6.45, 7) is 1.95. The average Bonchev–Trinajstić information content (AvgIpc) is 2.74. The van der Waals surface area contributed by atoms with E-state index >= 15 is 0 Å². The van der Waals surface area contributed by atoms with E-state index in [0.29, 0.717) is 6.54 Å². The van der Waals surface area contributed by atoms with Gasteiger partial charge in [-0.3, -0.25) is 0 Å². The van der Waals surface area contributed by atoms with Crippen LogP contribution in [0.1, 0.15) is 11.1 Å². The quantitative estimate of drug-likeness (QED) is 0.565. The van der Waals surface area contributed by atoms with E-state index in [0.717, 1.165) is 18.8 Å². The standard InChI is InChI=1S/C11H16N2O2/c14-7-9(15)5-13-11-3-1-2-8-4-12-6-10(8)11/h1-3,9,12-15H,4-7H2. The van der Waals surface area contributed by atoms with Crippen molar-refractivity contribution in [2.24, 2.45) is 0 Å². The van der Waals surface area contributed by atoms with Gasteiger partial charge in [-0.2, -0.15) is 0 Å². The zero-order chi connectivity index (χ0) is 10.7. The Kier molecular flexibility index (Phi) is 3.20. The van der Waals surface area contributed by atoms with E-state index in [2.05, 4.69) is 16.7 Å². The third-order valence-corrected chi connectivity index (χ3v) is 2.63. The molecule has 4 nitrogen and oxygen atoms in total. The van der Waals surface area contributed by atoms with Gasteiger partial charge in [0, 0.05) is 25.3 Å². The van der Waals surface area contributed by atoms with Gasteiger partial charge >= 0.3 is 0 Å². The summed E-state index contributed by atoms with van der Waals surface area (Å²) in [6, 6.07) is 6.10.